The highest BCUT2D eigenvalue weighted by Crippen LogP contribution is 2.25. The number of amides is 3. The Morgan fingerprint density at radius 3 is 1.18 bits per heavy atom. The highest BCUT2D eigenvalue weighted by atomic mass is 32.2. The maximum Gasteiger partial charge on any atom is 0.242 e. The van der Waals surface area contributed by atoms with Crippen LogP contribution in [0.4, 0.5) is 0 Å². The first-order valence-electron chi connectivity index (χ1n) is 20.9. The van der Waals surface area contributed by atoms with Crippen LogP contribution in [-0.2, 0) is 48.3 Å². The molecule has 324 valence electrons. The molecule has 16 nitrogen and oxygen atoms in total. The van der Waals surface area contributed by atoms with Gasteiger partial charge in [-0.2, -0.15) is 0 Å². The predicted molar refractivity (Wildman–Crippen MR) is 215 cm³/mol. The van der Waals surface area contributed by atoms with Crippen LogP contribution in [0.2, 0.25) is 0 Å². The Bertz CT molecular complexity index is 1370. The highest BCUT2D eigenvalue weighted by Gasteiger charge is 2.36. The van der Waals surface area contributed by atoms with Crippen LogP contribution in [0.3, 0.4) is 0 Å². The fraction of sp³-hybridized carbons (Fsp3) is 0.921. The molecule has 0 radical (unpaired) electrons. The summed E-state index contributed by atoms with van der Waals surface area (Å²) < 4.78 is 64.3. The summed E-state index contributed by atoms with van der Waals surface area (Å²) in [5, 5.41) is 8.08. The number of sulfone groups is 2. The van der Waals surface area contributed by atoms with E-state index in [1.54, 1.807) is 23.9 Å². The summed E-state index contributed by atoms with van der Waals surface area (Å²) in [6.07, 6.45) is 12.6. The molecule has 5 aliphatic heterocycles. The molecule has 6 aliphatic rings. The lowest BCUT2D eigenvalue weighted by Gasteiger charge is -2.29. The summed E-state index contributed by atoms with van der Waals surface area (Å²) >= 11 is 0. The molecular weight excluding hydrogens is 765 g/mol. The number of hydrogen-bond acceptors (Lipinski definition) is 13. The summed E-state index contributed by atoms with van der Waals surface area (Å²) in [5.41, 5.74) is 0. The average Bonchev–Trinajstić information content (AvgIpc) is 3.69. The maximum absolute atomic E-state index is 12.3. The fourth-order valence-electron chi connectivity index (χ4n) is 8.30. The monoisotopic (exact) mass is 834 g/mol. The molecule has 1 aliphatic carbocycles. The van der Waals surface area contributed by atoms with Gasteiger partial charge in [0.2, 0.25) is 17.7 Å². The Labute approximate surface area is 335 Å². The molecule has 0 aromatic rings. The molecule has 3 N–H and O–H groups in total. The number of nitrogens with one attached hydrogen (secondary N) is 3. The van der Waals surface area contributed by atoms with E-state index >= 15 is 0 Å². The second kappa shape index (κ2) is 23.6. The van der Waals surface area contributed by atoms with E-state index in [4.69, 9.17) is 14.2 Å². The van der Waals surface area contributed by atoms with Gasteiger partial charge in [-0.05, 0) is 65.6 Å². The Morgan fingerprint density at radius 2 is 0.839 bits per heavy atom. The van der Waals surface area contributed by atoms with Gasteiger partial charge in [0.1, 0.15) is 18.1 Å². The van der Waals surface area contributed by atoms with Crippen molar-refractivity contribution in [3.05, 3.63) is 0 Å². The van der Waals surface area contributed by atoms with Gasteiger partial charge < -0.3 is 44.9 Å². The van der Waals surface area contributed by atoms with Crippen LogP contribution in [0.5, 0.6) is 0 Å². The normalized spacial score (nSPS) is 30.7. The minimum Gasteiger partial charge on any atom is -0.377 e. The van der Waals surface area contributed by atoms with Crippen LogP contribution in [0, 0.1) is 5.92 Å². The van der Waals surface area contributed by atoms with Gasteiger partial charge in [0.15, 0.2) is 19.7 Å². The largest absolute Gasteiger partial charge is 0.377 e. The van der Waals surface area contributed by atoms with Crippen molar-refractivity contribution < 1.29 is 45.4 Å². The zero-order valence-corrected chi connectivity index (χ0v) is 35.7. The first-order chi connectivity index (χ1) is 26.9. The summed E-state index contributed by atoms with van der Waals surface area (Å²) in [4.78, 5) is 42.1. The van der Waals surface area contributed by atoms with Crippen molar-refractivity contribution in [3.8, 4) is 0 Å². The van der Waals surface area contributed by atoms with Gasteiger partial charge in [-0.25, -0.2) is 16.8 Å². The van der Waals surface area contributed by atoms with E-state index in [1.807, 2.05) is 11.9 Å². The lowest BCUT2D eigenvalue weighted by atomic mass is 9.99. The van der Waals surface area contributed by atoms with Crippen molar-refractivity contribution in [1.29, 1.82) is 0 Å². The van der Waals surface area contributed by atoms with Crippen molar-refractivity contribution in [1.82, 2.24) is 30.7 Å². The van der Waals surface area contributed by atoms with E-state index in [2.05, 4.69) is 16.0 Å². The van der Waals surface area contributed by atoms with Gasteiger partial charge >= 0.3 is 0 Å². The number of ether oxygens (including phenoxy) is 3. The second-order valence-electron chi connectivity index (χ2n) is 15.9. The van der Waals surface area contributed by atoms with Crippen LogP contribution >= 0.6 is 0 Å². The van der Waals surface area contributed by atoms with E-state index in [0.29, 0.717) is 84.6 Å². The van der Waals surface area contributed by atoms with Gasteiger partial charge in [-0.1, -0.05) is 38.5 Å². The third-order valence-corrected chi connectivity index (χ3v) is 16.5. The molecule has 5 atom stereocenters. The Hall–Kier alpha value is -1.93. The number of carbonyl (C=O) groups excluding carboxylic acids is 3. The van der Waals surface area contributed by atoms with Crippen LogP contribution in [0.1, 0.15) is 77.0 Å². The minimum atomic E-state index is -3.04. The molecule has 5 saturated heterocycles. The lowest BCUT2D eigenvalue weighted by Crippen LogP contribution is -2.49. The first kappa shape index (κ1) is 46.8. The van der Waals surface area contributed by atoms with E-state index in [9.17, 15) is 31.2 Å². The summed E-state index contributed by atoms with van der Waals surface area (Å²) in [6.45, 7) is 6.08. The van der Waals surface area contributed by atoms with E-state index in [-0.39, 0.29) is 47.4 Å². The molecular formula is C38H70N6O10S2. The van der Waals surface area contributed by atoms with Crippen LogP contribution in [-0.4, -0.2) is 189 Å². The van der Waals surface area contributed by atoms with Crippen molar-refractivity contribution in [3.63, 3.8) is 0 Å². The predicted octanol–water partition coefficient (Wildman–Crippen LogP) is 0.205. The zero-order valence-electron chi connectivity index (χ0n) is 34.1. The number of hydrogen-bond donors (Lipinski definition) is 3. The summed E-state index contributed by atoms with van der Waals surface area (Å²) in [6, 6.07) is -0.888. The molecule has 0 aromatic carbocycles. The molecule has 56 heavy (non-hydrogen) atoms. The number of carbonyl (C=O) groups is 3. The van der Waals surface area contributed by atoms with Crippen LogP contribution in [0.15, 0.2) is 0 Å². The third kappa shape index (κ3) is 14.1. The summed E-state index contributed by atoms with van der Waals surface area (Å²) in [7, 11) is -0.811. The van der Waals surface area contributed by atoms with E-state index < -0.39 is 30.2 Å². The topological polar surface area (TPSA) is 193 Å². The molecule has 18 heteroatoms. The quantitative estimate of drug-likeness (QED) is 0.268. The Morgan fingerprint density at radius 1 is 0.500 bits per heavy atom. The smallest absolute Gasteiger partial charge is 0.242 e. The molecule has 0 aromatic heterocycles. The molecule has 5 unspecified atom stereocenters. The van der Waals surface area contributed by atoms with Gasteiger partial charge in [0, 0.05) is 39.3 Å². The molecule has 5 heterocycles. The van der Waals surface area contributed by atoms with Crippen molar-refractivity contribution in [2.45, 2.75) is 106 Å². The first-order valence-corrected chi connectivity index (χ1v) is 24.4. The number of likely N-dealkylation sites (N-methyl/N-ethyl adjacent to an activating group) is 3. The average molecular weight is 835 g/mol. The van der Waals surface area contributed by atoms with Crippen molar-refractivity contribution in [2.75, 3.05) is 112 Å². The van der Waals surface area contributed by atoms with Crippen molar-refractivity contribution >= 4 is 37.4 Å². The molecule has 0 spiro atoms. The minimum absolute atomic E-state index is 0.0548. The molecule has 6 fully saturated rings. The van der Waals surface area contributed by atoms with Gasteiger partial charge in [-0.15, -0.1) is 0 Å². The van der Waals surface area contributed by atoms with Gasteiger partial charge in [0.05, 0.1) is 61.6 Å². The SMILES string of the molecule is CNC1COCCN(CC2CCCCCC2)C1=O.CNC1COCCN(CC2CCCCS2(=O)=O)C1=O.CNC1COCCN(CC2CCCCS2(=O)=O)C1=O. The van der Waals surface area contributed by atoms with Crippen LogP contribution < -0.4 is 16.0 Å². The van der Waals surface area contributed by atoms with Crippen LogP contribution in [0.25, 0.3) is 0 Å². The number of nitrogens with zero attached hydrogens (tertiary/aromatic N) is 3. The van der Waals surface area contributed by atoms with E-state index in [1.165, 1.54) is 38.5 Å². The molecule has 6 rings (SSSR count). The maximum atomic E-state index is 12.3. The fourth-order valence-corrected chi connectivity index (χ4v) is 12.0. The highest BCUT2D eigenvalue weighted by molar-refractivity contribution is 7.92. The Balaban J connectivity index is 0.000000187. The molecule has 3 amide bonds. The standard InChI is InChI=1S/C14H26N2O2.2C12H22N2O4S/c1-15-13-11-18-9-8-16(14(13)17)10-12-6-4-2-3-5-7-12;2*1-13-11-9-18-6-5-14(12(11)15)8-10-4-2-3-7-19(10,16)17/h12-13,15H,2-11H2,1H3;2*10-11,13H,2-9H2,1H3. The van der Waals surface area contributed by atoms with Gasteiger partial charge in [-0.3, -0.25) is 14.4 Å². The number of rotatable bonds is 9. The summed E-state index contributed by atoms with van der Waals surface area (Å²) in [5.74, 6) is 1.32. The second-order valence-corrected chi connectivity index (χ2v) is 20.7. The zero-order chi connectivity index (χ0) is 40.6. The van der Waals surface area contributed by atoms with Crippen molar-refractivity contribution in [2.24, 2.45) is 5.92 Å². The van der Waals surface area contributed by atoms with Gasteiger partial charge in [0.25, 0.3) is 0 Å². The molecule has 0 bridgehead atoms. The molecule has 1 saturated carbocycles. The Kier molecular flexibility index (Phi) is 19.7. The lowest BCUT2D eigenvalue weighted by molar-refractivity contribution is -0.133. The third-order valence-electron chi connectivity index (χ3n) is 12.0. The van der Waals surface area contributed by atoms with E-state index in [0.717, 1.165) is 38.8 Å².